The fourth-order valence-electron chi connectivity index (χ4n) is 3.43. The molecule has 3 heteroatoms. The van der Waals surface area contributed by atoms with E-state index >= 15 is 0 Å². The molecule has 3 rings (SSSR count). The minimum Gasteiger partial charge on any atom is -0.297 e. The molecule has 1 aliphatic heterocycles. The normalized spacial score (nSPS) is 17.3. The molecule has 1 unspecified atom stereocenters. The lowest BCUT2D eigenvalue weighted by Gasteiger charge is -2.24. The standard InChI is InChI=1S/C18H25N3/c1-4-18-17(13-19-20(18)3)16-9-7-8-15(12-16)14(2)21-10-5-6-11-21/h7-9,12-14H,4-6,10-11H2,1-3H3. The van der Waals surface area contributed by atoms with Gasteiger partial charge in [0.05, 0.1) is 6.20 Å². The van der Waals surface area contributed by atoms with Crippen LogP contribution in [0.5, 0.6) is 0 Å². The summed E-state index contributed by atoms with van der Waals surface area (Å²) in [6.45, 7) is 6.99. The Bertz CT molecular complexity index is 609. The SMILES string of the molecule is CCc1c(-c2cccc(C(C)N3CCCC3)c2)cnn1C. The highest BCUT2D eigenvalue weighted by Crippen LogP contribution is 2.29. The Hall–Kier alpha value is -1.61. The molecule has 1 fully saturated rings. The number of aromatic nitrogens is 2. The molecule has 3 nitrogen and oxygen atoms in total. The van der Waals surface area contributed by atoms with Crippen LogP contribution in [0.25, 0.3) is 11.1 Å². The quantitative estimate of drug-likeness (QED) is 0.851. The van der Waals surface area contributed by atoms with Crippen molar-refractivity contribution >= 4 is 0 Å². The van der Waals surface area contributed by atoms with Crippen molar-refractivity contribution in [1.29, 1.82) is 0 Å². The zero-order chi connectivity index (χ0) is 14.8. The van der Waals surface area contributed by atoms with Gasteiger partial charge in [-0.1, -0.05) is 25.1 Å². The Morgan fingerprint density at radius 2 is 2.00 bits per heavy atom. The van der Waals surface area contributed by atoms with Crippen molar-refractivity contribution in [3.8, 4) is 11.1 Å². The first-order valence-electron chi connectivity index (χ1n) is 8.06. The highest BCUT2D eigenvalue weighted by molar-refractivity contribution is 5.66. The fraction of sp³-hybridized carbons (Fsp3) is 0.500. The van der Waals surface area contributed by atoms with Gasteiger partial charge in [0.1, 0.15) is 0 Å². The van der Waals surface area contributed by atoms with Gasteiger partial charge in [-0.2, -0.15) is 5.10 Å². The molecule has 0 bridgehead atoms. The molecule has 21 heavy (non-hydrogen) atoms. The number of benzene rings is 1. The lowest BCUT2D eigenvalue weighted by atomic mass is 9.99. The number of aryl methyl sites for hydroxylation is 1. The van der Waals surface area contributed by atoms with E-state index in [9.17, 15) is 0 Å². The average molecular weight is 283 g/mol. The van der Waals surface area contributed by atoms with Crippen LogP contribution in [0.1, 0.15) is 44.0 Å². The van der Waals surface area contributed by atoms with Gasteiger partial charge in [-0.15, -0.1) is 0 Å². The van der Waals surface area contributed by atoms with Crippen LogP contribution in [-0.4, -0.2) is 27.8 Å². The molecular weight excluding hydrogens is 258 g/mol. The van der Waals surface area contributed by atoms with Crippen LogP contribution in [0.15, 0.2) is 30.5 Å². The summed E-state index contributed by atoms with van der Waals surface area (Å²) in [7, 11) is 2.03. The zero-order valence-electron chi connectivity index (χ0n) is 13.3. The van der Waals surface area contributed by atoms with Gasteiger partial charge >= 0.3 is 0 Å². The third-order valence-corrected chi connectivity index (χ3v) is 4.76. The minimum atomic E-state index is 0.509. The minimum absolute atomic E-state index is 0.509. The van der Waals surface area contributed by atoms with Crippen LogP contribution in [0, 0.1) is 0 Å². The van der Waals surface area contributed by atoms with Crippen LogP contribution in [0.2, 0.25) is 0 Å². The predicted molar refractivity (Wildman–Crippen MR) is 87.2 cm³/mol. The summed E-state index contributed by atoms with van der Waals surface area (Å²) in [5, 5.41) is 4.42. The summed E-state index contributed by atoms with van der Waals surface area (Å²) >= 11 is 0. The van der Waals surface area contributed by atoms with E-state index in [1.807, 2.05) is 17.9 Å². The van der Waals surface area contributed by atoms with E-state index in [1.165, 1.54) is 48.3 Å². The highest BCUT2D eigenvalue weighted by Gasteiger charge is 2.20. The lowest BCUT2D eigenvalue weighted by molar-refractivity contribution is 0.263. The molecule has 1 aromatic heterocycles. The monoisotopic (exact) mass is 283 g/mol. The van der Waals surface area contributed by atoms with Gasteiger partial charge in [0, 0.05) is 24.3 Å². The van der Waals surface area contributed by atoms with E-state index in [0.29, 0.717) is 6.04 Å². The molecule has 1 saturated heterocycles. The Balaban J connectivity index is 1.92. The van der Waals surface area contributed by atoms with E-state index in [-0.39, 0.29) is 0 Å². The number of hydrogen-bond acceptors (Lipinski definition) is 2. The summed E-state index contributed by atoms with van der Waals surface area (Å²) in [6, 6.07) is 9.50. The Morgan fingerprint density at radius 3 is 2.71 bits per heavy atom. The van der Waals surface area contributed by atoms with Crippen molar-refractivity contribution in [2.75, 3.05) is 13.1 Å². The Kier molecular flexibility index (Phi) is 4.11. The van der Waals surface area contributed by atoms with E-state index < -0.39 is 0 Å². The van der Waals surface area contributed by atoms with Crippen molar-refractivity contribution in [3.63, 3.8) is 0 Å². The molecule has 0 N–H and O–H groups in total. The maximum absolute atomic E-state index is 4.42. The van der Waals surface area contributed by atoms with Gasteiger partial charge in [-0.3, -0.25) is 9.58 Å². The highest BCUT2D eigenvalue weighted by atomic mass is 15.3. The smallest absolute Gasteiger partial charge is 0.0571 e. The van der Waals surface area contributed by atoms with Crippen molar-refractivity contribution in [2.45, 2.75) is 39.2 Å². The van der Waals surface area contributed by atoms with Crippen molar-refractivity contribution < 1.29 is 0 Å². The molecule has 112 valence electrons. The molecule has 0 amide bonds. The molecule has 0 aliphatic carbocycles. The summed E-state index contributed by atoms with van der Waals surface area (Å²) in [6.07, 6.45) is 5.69. The third-order valence-electron chi connectivity index (χ3n) is 4.76. The first kappa shape index (κ1) is 14.3. The molecule has 0 radical (unpaired) electrons. The van der Waals surface area contributed by atoms with Crippen molar-refractivity contribution in [1.82, 2.24) is 14.7 Å². The van der Waals surface area contributed by atoms with Crippen LogP contribution in [-0.2, 0) is 13.5 Å². The van der Waals surface area contributed by atoms with Crippen LogP contribution < -0.4 is 0 Å². The van der Waals surface area contributed by atoms with Gasteiger partial charge in [-0.25, -0.2) is 0 Å². The molecule has 0 saturated carbocycles. The first-order chi connectivity index (χ1) is 10.2. The van der Waals surface area contributed by atoms with Gasteiger partial charge in [0.2, 0.25) is 0 Å². The van der Waals surface area contributed by atoms with Crippen molar-refractivity contribution in [3.05, 3.63) is 41.7 Å². The number of nitrogens with zero attached hydrogens (tertiary/aromatic N) is 3. The molecule has 1 atom stereocenters. The third kappa shape index (κ3) is 2.75. The van der Waals surface area contributed by atoms with Gasteiger partial charge < -0.3 is 0 Å². The summed E-state index contributed by atoms with van der Waals surface area (Å²) in [4.78, 5) is 2.59. The maximum atomic E-state index is 4.42. The van der Waals surface area contributed by atoms with Gasteiger partial charge in [0.15, 0.2) is 0 Å². The first-order valence-corrected chi connectivity index (χ1v) is 8.06. The largest absolute Gasteiger partial charge is 0.297 e. The van der Waals surface area contributed by atoms with E-state index in [2.05, 4.69) is 48.1 Å². The second-order valence-corrected chi connectivity index (χ2v) is 6.03. The molecule has 2 heterocycles. The molecular formula is C18H25N3. The predicted octanol–water partition coefficient (Wildman–Crippen LogP) is 3.81. The Morgan fingerprint density at radius 1 is 1.24 bits per heavy atom. The molecule has 0 spiro atoms. The summed E-state index contributed by atoms with van der Waals surface area (Å²) < 4.78 is 1.99. The van der Waals surface area contributed by atoms with E-state index in [1.54, 1.807) is 0 Å². The summed E-state index contributed by atoms with van der Waals surface area (Å²) in [5.74, 6) is 0. The maximum Gasteiger partial charge on any atom is 0.0571 e. The zero-order valence-corrected chi connectivity index (χ0v) is 13.3. The Labute approximate surface area is 127 Å². The summed E-state index contributed by atoms with van der Waals surface area (Å²) in [5.41, 5.74) is 5.29. The second kappa shape index (κ2) is 6.02. The van der Waals surface area contributed by atoms with Gasteiger partial charge in [0.25, 0.3) is 0 Å². The lowest BCUT2D eigenvalue weighted by Crippen LogP contribution is -2.23. The van der Waals surface area contributed by atoms with E-state index in [0.717, 1.165) is 6.42 Å². The molecule has 1 aromatic carbocycles. The second-order valence-electron chi connectivity index (χ2n) is 6.03. The number of likely N-dealkylation sites (tertiary alicyclic amines) is 1. The van der Waals surface area contributed by atoms with Gasteiger partial charge in [-0.05, 0) is 56.5 Å². The van der Waals surface area contributed by atoms with Crippen molar-refractivity contribution in [2.24, 2.45) is 7.05 Å². The topological polar surface area (TPSA) is 21.1 Å². The fourth-order valence-corrected chi connectivity index (χ4v) is 3.43. The molecule has 1 aliphatic rings. The average Bonchev–Trinajstić information content (AvgIpc) is 3.16. The molecule has 2 aromatic rings. The number of hydrogen-bond donors (Lipinski definition) is 0. The van der Waals surface area contributed by atoms with Crippen LogP contribution in [0.3, 0.4) is 0 Å². The van der Waals surface area contributed by atoms with Crippen LogP contribution >= 0.6 is 0 Å². The van der Waals surface area contributed by atoms with Crippen LogP contribution in [0.4, 0.5) is 0 Å². The number of rotatable bonds is 4. The van der Waals surface area contributed by atoms with E-state index in [4.69, 9.17) is 0 Å².